The first kappa shape index (κ1) is 16.3. The van der Waals surface area contributed by atoms with Crippen molar-refractivity contribution >= 4 is 30.1 Å². The molecule has 0 bridgehead atoms. The Morgan fingerprint density at radius 1 is 1.26 bits per heavy atom. The zero-order valence-corrected chi connectivity index (χ0v) is 13.0. The number of hydrogen-bond donors (Lipinski definition) is 1. The summed E-state index contributed by atoms with van der Waals surface area (Å²) in [4.78, 5) is 15.4. The Labute approximate surface area is 125 Å². The highest BCUT2D eigenvalue weighted by atomic mass is 35.5. The molecule has 1 atom stereocenters. The summed E-state index contributed by atoms with van der Waals surface area (Å²) >= 11 is 1.64. The van der Waals surface area contributed by atoms with Crippen molar-refractivity contribution in [1.82, 2.24) is 10.2 Å². The highest BCUT2D eigenvalue weighted by Crippen LogP contribution is 2.24. The number of thioether (sulfide) groups is 1. The van der Waals surface area contributed by atoms with Gasteiger partial charge in [-0.05, 0) is 26.0 Å². The second-order valence-electron chi connectivity index (χ2n) is 4.65. The van der Waals surface area contributed by atoms with Gasteiger partial charge in [0.05, 0.1) is 5.25 Å². The quantitative estimate of drug-likeness (QED) is 0.870. The topological polar surface area (TPSA) is 32.3 Å². The first-order valence-electron chi connectivity index (χ1n) is 6.39. The first-order chi connectivity index (χ1) is 8.66. The highest BCUT2D eigenvalue weighted by molar-refractivity contribution is 8.00. The maximum atomic E-state index is 12.2. The molecule has 1 aliphatic rings. The number of piperazine rings is 1. The van der Waals surface area contributed by atoms with Gasteiger partial charge < -0.3 is 10.2 Å². The molecule has 1 amide bonds. The highest BCUT2D eigenvalue weighted by Gasteiger charge is 2.22. The van der Waals surface area contributed by atoms with Crippen LogP contribution in [0, 0.1) is 6.92 Å². The van der Waals surface area contributed by atoms with Crippen molar-refractivity contribution in [2.45, 2.75) is 24.0 Å². The average Bonchev–Trinajstić information content (AvgIpc) is 2.41. The summed E-state index contributed by atoms with van der Waals surface area (Å²) in [6.45, 7) is 7.55. The van der Waals surface area contributed by atoms with Crippen molar-refractivity contribution in [2.24, 2.45) is 0 Å². The number of amides is 1. The third kappa shape index (κ3) is 4.71. The first-order valence-corrected chi connectivity index (χ1v) is 7.27. The normalized spacial score (nSPS) is 16.6. The molecule has 1 fully saturated rings. The summed E-state index contributed by atoms with van der Waals surface area (Å²) in [5.74, 6) is 0.252. The lowest BCUT2D eigenvalue weighted by molar-refractivity contribution is -0.130. The van der Waals surface area contributed by atoms with Crippen LogP contribution in [-0.2, 0) is 4.79 Å². The van der Waals surface area contributed by atoms with Crippen LogP contribution < -0.4 is 5.32 Å². The molecule has 0 saturated carbocycles. The van der Waals surface area contributed by atoms with Crippen LogP contribution in [0.15, 0.2) is 29.2 Å². The van der Waals surface area contributed by atoms with Crippen molar-refractivity contribution in [3.8, 4) is 0 Å². The number of rotatable bonds is 3. The number of nitrogens with one attached hydrogen (secondary N) is 1. The molecule has 0 aliphatic carbocycles. The van der Waals surface area contributed by atoms with Crippen LogP contribution in [0.4, 0.5) is 0 Å². The maximum absolute atomic E-state index is 12.2. The third-order valence-corrected chi connectivity index (χ3v) is 4.21. The van der Waals surface area contributed by atoms with Crippen LogP contribution in [-0.4, -0.2) is 42.2 Å². The van der Waals surface area contributed by atoms with Crippen LogP contribution in [0.1, 0.15) is 12.5 Å². The molecule has 2 rings (SSSR count). The Hall–Kier alpha value is -0.710. The van der Waals surface area contributed by atoms with Gasteiger partial charge in [-0.3, -0.25) is 4.79 Å². The van der Waals surface area contributed by atoms with Crippen molar-refractivity contribution in [3.63, 3.8) is 0 Å². The molecule has 19 heavy (non-hydrogen) atoms. The number of carbonyl (C=O) groups is 1. The van der Waals surface area contributed by atoms with Crippen molar-refractivity contribution in [3.05, 3.63) is 29.8 Å². The monoisotopic (exact) mass is 300 g/mol. The van der Waals surface area contributed by atoms with E-state index in [1.165, 1.54) is 5.56 Å². The predicted octanol–water partition coefficient (Wildman–Crippen LogP) is 2.33. The summed E-state index contributed by atoms with van der Waals surface area (Å²) in [7, 11) is 0. The van der Waals surface area contributed by atoms with E-state index in [9.17, 15) is 4.79 Å². The van der Waals surface area contributed by atoms with Crippen LogP contribution in [0.5, 0.6) is 0 Å². The van der Waals surface area contributed by atoms with E-state index in [1.54, 1.807) is 11.8 Å². The molecular weight excluding hydrogens is 280 g/mol. The third-order valence-electron chi connectivity index (χ3n) is 3.11. The smallest absolute Gasteiger partial charge is 0.235 e. The van der Waals surface area contributed by atoms with E-state index in [0.717, 1.165) is 31.1 Å². The Kier molecular flexibility index (Phi) is 6.69. The van der Waals surface area contributed by atoms with E-state index in [2.05, 4.69) is 36.5 Å². The molecule has 1 heterocycles. The Balaban J connectivity index is 0.00000180. The predicted molar refractivity (Wildman–Crippen MR) is 83.2 cm³/mol. The number of carbonyl (C=O) groups excluding carboxylic acids is 1. The molecule has 1 aromatic rings. The summed E-state index contributed by atoms with van der Waals surface area (Å²) < 4.78 is 0. The fourth-order valence-corrected chi connectivity index (χ4v) is 2.97. The fraction of sp³-hybridized carbons (Fsp3) is 0.500. The minimum atomic E-state index is -0.00851. The van der Waals surface area contributed by atoms with E-state index in [1.807, 2.05) is 11.8 Å². The van der Waals surface area contributed by atoms with Crippen LogP contribution in [0.2, 0.25) is 0 Å². The summed E-state index contributed by atoms with van der Waals surface area (Å²) in [5, 5.41) is 3.26. The summed E-state index contributed by atoms with van der Waals surface area (Å²) in [6, 6.07) is 8.35. The maximum Gasteiger partial charge on any atom is 0.235 e. The van der Waals surface area contributed by atoms with E-state index in [-0.39, 0.29) is 23.6 Å². The Bertz CT molecular complexity index is 404. The minimum Gasteiger partial charge on any atom is -0.339 e. The second kappa shape index (κ2) is 7.78. The van der Waals surface area contributed by atoms with Gasteiger partial charge in [-0.25, -0.2) is 0 Å². The molecule has 1 N–H and O–H groups in total. The molecule has 5 heteroatoms. The lowest BCUT2D eigenvalue weighted by Crippen LogP contribution is -2.48. The summed E-state index contributed by atoms with van der Waals surface area (Å²) in [6.07, 6.45) is 0. The molecule has 0 spiro atoms. The minimum absolute atomic E-state index is 0. The van der Waals surface area contributed by atoms with Gasteiger partial charge in [0.2, 0.25) is 5.91 Å². The largest absolute Gasteiger partial charge is 0.339 e. The SMILES string of the molecule is Cc1ccc(SC(C)C(=O)N2CCNCC2)cc1.Cl. The molecule has 0 aromatic heterocycles. The standard InChI is InChI=1S/C14H20N2OS.ClH/c1-11-3-5-13(6-4-11)18-12(2)14(17)16-9-7-15-8-10-16;/h3-6,12,15H,7-10H2,1-2H3;1H. The van der Waals surface area contributed by atoms with Crippen LogP contribution >= 0.6 is 24.2 Å². The average molecular weight is 301 g/mol. The van der Waals surface area contributed by atoms with Crippen molar-refractivity contribution < 1.29 is 4.79 Å². The number of hydrogen-bond acceptors (Lipinski definition) is 3. The number of halogens is 1. The molecule has 1 saturated heterocycles. The van der Waals surface area contributed by atoms with Gasteiger partial charge in [-0.15, -0.1) is 24.2 Å². The lowest BCUT2D eigenvalue weighted by Gasteiger charge is -2.29. The summed E-state index contributed by atoms with van der Waals surface area (Å²) in [5.41, 5.74) is 1.25. The van der Waals surface area contributed by atoms with Gasteiger partial charge in [-0.2, -0.15) is 0 Å². The van der Waals surface area contributed by atoms with Crippen LogP contribution in [0.3, 0.4) is 0 Å². The van der Waals surface area contributed by atoms with Crippen LogP contribution in [0.25, 0.3) is 0 Å². The van der Waals surface area contributed by atoms with Gasteiger partial charge in [0, 0.05) is 31.1 Å². The molecule has 0 radical (unpaired) electrons. The van der Waals surface area contributed by atoms with Gasteiger partial charge in [-0.1, -0.05) is 17.7 Å². The molecule has 106 valence electrons. The molecule has 3 nitrogen and oxygen atoms in total. The van der Waals surface area contributed by atoms with Gasteiger partial charge in [0.15, 0.2) is 0 Å². The Morgan fingerprint density at radius 2 is 1.84 bits per heavy atom. The Morgan fingerprint density at radius 3 is 2.42 bits per heavy atom. The zero-order chi connectivity index (χ0) is 13.0. The fourth-order valence-electron chi connectivity index (χ4n) is 2.01. The molecule has 1 aromatic carbocycles. The van der Waals surface area contributed by atoms with E-state index >= 15 is 0 Å². The number of aryl methyl sites for hydroxylation is 1. The van der Waals surface area contributed by atoms with E-state index in [4.69, 9.17) is 0 Å². The van der Waals surface area contributed by atoms with Crippen molar-refractivity contribution in [2.75, 3.05) is 26.2 Å². The van der Waals surface area contributed by atoms with E-state index in [0.29, 0.717) is 0 Å². The lowest BCUT2D eigenvalue weighted by atomic mass is 10.2. The van der Waals surface area contributed by atoms with E-state index < -0.39 is 0 Å². The zero-order valence-electron chi connectivity index (χ0n) is 11.4. The van der Waals surface area contributed by atoms with Gasteiger partial charge in [0.1, 0.15) is 0 Å². The molecular formula is C14H21ClN2OS. The number of nitrogens with zero attached hydrogens (tertiary/aromatic N) is 1. The van der Waals surface area contributed by atoms with Gasteiger partial charge >= 0.3 is 0 Å². The number of benzene rings is 1. The van der Waals surface area contributed by atoms with Crippen molar-refractivity contribution in [1.29, 1.82) is 0 Å². The molecule has 1 unspecified atom stereocenters. The van der Waals surface area contributed by atoms with Gasteiger partial charge in [0.25, 0.3) is 0 Å². The second-order valence-corrected chi connectivity index (χ2v) is 6.06. The molecule has 1 aliphatic heterocycles.